The van der Waals surface area contributed by atoms with E-state index in [1.165, 1.54) is 26.0 Å². The second-order valence-electron chi connectivity index (χ2n) is 5.27. The molecule has 2 aromatic rings. The third kappa shape index (κ3) is 4.03. The van der Waals surface area contributed by atoms with Crippen LogP contribution >= 0.6 is 0 Å². The van der Waals surface area contributed by atoms with Gasteiger partial charge >= 0.3 is 5.69 Å². The highest BCUT2D eigenvalue weighted by atomic mass is 32.2. The Morgan fingerprint density at radius 2 is 2.00 bits per heavy atom. The van der Waals surface area contributed by atoms with Crippen molar-refractivity contribution in [3.05, 3.63) is 63.6 Å². The van der Waals surface area contributed by atoms with Crippen LogP contribution in [0.4, 0.5) is 15.9 Å². The third-order valence-corrected chi connectivity index (χ3v) is 4.12. The summed E-state index contributed by atoms with van der Waals surface area (Å²) in [6, 6.07) is 6.29. The Morgan fingerprint density at radius 1 is 1.32 bits per heavy atom. The van der Waals surface area contributed by atoms with E-state index in [0.29, 0.717) is 4.31 Å². The zero-order valence-electron chi connectivity index (χ0n) is 13.2. The van der Waals surface area contributed by atoms with Crippen LogP contribution in [0.2, 0.25) is 0 Å². The molecule has 1 heterocycles. The van der Waals surface area contributed by atoms with Gasteiger partial charge in [0.1, 0.15) is 11.5 Å². The van der Waals surface area contributed by atoms with Gasteiger partial charge in [0.05, 0.1) is 4.92 Å². The van der Waals surface area contributed by atoms with E-state index in [9.17, 15) is 28.1 Å². The van der Waals surface area contributed by atoms with Crippen molar-refractivity contribution in [3.8, 4) is 0 Å². The van der Waals surface area contributed by atoms with E-state index in [0.717, 1.165) is 24.3 Å². The molecule has 0 fully saturated rings. The van der Waals surface area contributed by atoms with Gasteiger partial charge in [-0.1, -0.05) is 12.1 Å². The van der Waals surface area contributed by atoms with Crippen molar-refractivity contribution in [2.75, 3.05) is 4.31 Å². The average Bonchev–Trinajstić information content (AvgIpc) is 2.53. The van der Waals surface area contributed by atoms with Crippen molar-refractivity contribution in [2.24, 2.45) is 0 Å². The van der Waals surface area contributed by atoms with Crippen molar-refractivity contribution in [1.82, 2.24) is 4.98 Å². The van der Waals surface area contributed by atoms with E-state index >= 15 is 0 Å². The molecule has 25 heavy (non-hydrogen) atoms. The summed E-state index contributed by atoms with van der Waals surface area (Å²) in [6.45, 7) is 3.00. The van der Waals surface area contributed by atoms with E-state index in [-0.39, 0.29) is 11.3 Å². The van der Waals surface area contributed by atoms with Crippen LogP contribution in [0.5, 0.6) is 0 Å². The van der Waals surface area contributed by atoms with Gasteiger partial charge in [-0.05, 0) is 32.0 Å². The maximum absolute atomic E-state index is 13.3. The summed E-state index contributed by atoms with van der Waals surface area (Å²) in [5, 5.41) is 11.2. The first-order valence-electron chi connectivity index (χ1n) is 7.06. The number of rotatable bonds is 6. The molecular formula is C15H13FN3O5S-. The maximum Gasteiger partial charge on any atom is 0.312 e. The lowest BCUT2D eigenvalue weighted by atomic mass is 10.1. The zero-order chi connectivity index (χ0) is 18.7. The Hall–Kier alpha value is -2.72. The van der Waals surface area contributed by atoms with Crippen LogP contribution in [0.15, 0.2) is 36.4 Å². The lowest BCUT2D eigenvalue weighted by Gasteiger charge is -2.28. The lowest BCUT2D eigenvalue weighted by Crippen LogP contribution is -2.34. The number of halogens is 1. The lowest BCUT2D eigenvalue weighted by molar-refractivity contribution is -0.384. The largest absolute Gasteiger partial charge is 0.755 e. The number of ketones is 1. The number of nitrogens with zero attached hydrogens (tertiary/aromatic N) is 3. The monoisotopic (exact) mass is 366 g/mol. The normalized spacial score (nSPS) is 12.0. The van der Waals surface area contributed by atoms with Crippen LogP contribution in [0.1, 0.15) is 29.9 Å². The smallest absolute Gasteiger partial charge is 0.312 e. The van der Waals surface area contributed by atoms with Crippen LogP contribution < -0.4 is 4.31 Å². The summed E-state index contributed by atoms with van der Waals surface area (Å²) in [6.07, 6.45) is 0. The molecule has 1 unspecified atom stereocenters. The van der Waals surface area contributed by atoms with E-state index in [4.69, 9.17) is 0 Å². The molecule has 8 nitrogen and oxygen atoms in total. The second-order valence-corrected chi connectivity index (χ2v) is 6.10. The van der Waals surface area contributed by atoms with Crippen molar-refractivity contribution < 1.29 is 22.9 Å². The number of hydrogen-bond acceptors (Lipinski definition) is 6. The maximum atomic E-state index is 13.3. The number of carbonyl (C=O) groups excluding carboxylic acids is 1. The SMILES string of the molecule is CC(C)N(c1nc(C(=O)c2cccc(F)c2)ccc1[N+](=O)[O-])S(=O)[O-]. The molecule has 0 saturated carbocycles. The van der Waals surface area contributed by atoms with Crippen molar-refractivity contribution in [1.29, 1.82) is 0 Å². The summed E-state index contributed by atoms with van der Waals surface area (Å²) in [7, 11) is 0. The second kappa shape index (κ2) is 7.45. The molecule has 1 aromatic carbocycles. The zero-order valence-corrected chi connectivity index (χ0v) is 14.0. The van der Waals surface area contributed by atoms with E-state index < -0.39 is 45.3 Å². The Kier molecular flexibility index (Phi) is 5.55. The van der Waals surface area contributed by atoms with Crippen molar-refractivity contribution in [2.45, 2.75) is 19.9 Å². The fraction of sp³-hybridized carbons (Fsp3) is 0.200. The van der Waals surface area contributed by atoms with Gasteiger partial charge in [-0.15, -0.1) is 0 Å². The van der Waals surface area contributed by atoms with E-state index in [1.54, 1.807) is 0 Å². The molecule has 0 aliphatic heterocycles. The minimum atomic E-state index is -2.84. The van der Waals surface area contributed by atoms with Gasteiger partial charge in [-0.3, -0.25) is 23.4 Å². The topological polar surface area (TPSA) is 116 Å². The summed E-state index contributed by atoms with van der Waals surface area (Å²) in [5.41, 5.74) is -0.803. The summed E-state index contributed by atoms with van der Waals surface area (Å²) in [5.74, 6) is -1.79. The third-order valence-electron chi connectivity index (χ3n) is 3.21. The Balaban J connectivity index is 2.59. The number of carbonyl (C=O) groups is 1. The number of aromatic nitrogens is 1. The van der Waals surface area contributed by atoms with Crippen LogP contribution in [-0.4, -0.2) is 30.5 Å². The Labute approximate surface area is 144 Å². The molecule has 0 aliphatic carbocycles. The van der Waals surface area contributed by atoms with Crippen LogP contribution in [-0.2, 0) is 11.3 Å². The van der Waals surface area contributed by atoms with Gasteiger partial charge < -0.3 is 4.55 Å². The van der Waals surface area contributed by atoms with Gasteiger partial charge in [0.25, 0.3) is 0 Å². The van der Waals surface area contributed by atoms with Gasteiger partial charge in [-0.2, -0.15) is 0 Å². The number of nitro groups is 1. The Morgan fingerprint density at radius 3 is 2.52 bits per heavy atom. The minimum Gasteiger partial charge on any atom is -0.755 e. The molecular weight excluding hydrogens is 353 g/mol. The van der Waals surface area contributed by atoms with Gasteiger partial charge in [0.2, 0.25) is 11.6 Å². The molecule has 0 saturated heterocycles. The molecule has 0 bridgehead atoms. The standard InChI is InChI=1S/C15H14FN3O5S/c1-9(2)18(25(23)24)15-13(19(21)22)7-6-12(17-15)14(20)10-4-3-5-11(16)8-10/h3-9H,1-2H3,(H,23,24)/p-1. The fourth-order valence-electron chi connectivity index (χ4n) is 2.14. The van der Waals surface area contributed by atoms with Gasteiger partial charge in [-0.25, -0.2) is 9.37 Å². The first kappa shape index (κ1) is 18.6. The highest BCUT2D eigenvalue weighted by Crippen LogP contribution is 2.29. The van der Waals surface area contributed by atoms with E-state index in [1.807, 2.05) is 0 Å². The molecule has 0 radical (unpaired) electrons. The van der Waals surface area contributed by atoms with Crippen LogP contribution in [0.25, 0.3) is 0 Å². The highest BCUT2D eigenvalue weighted by molar-refractivity contribution is 7.80. The Bertz CT molecular complexity index is 859. The highest BCUT2D eigenvalue weighted by Gasteiger charge is 2.26. The molecule has 1 atom stereocenters. The number of pyridine rings is 1. The molecule has 2 rings (SSSR count). The number of hydrogen-bond donors (Lipinski definition) is 0. The summed E-state index contributed by atoms with van der Waals surface area (Å²) >= 11 is -2.84. The molecule has 0 spiro atoms. The minimum absolute atomic E-state index is 0.00774. The quantitative estimate of drug-likeness (QED) is 0.335. The fourth-order valence-corrected chi connectivity index (χ4v) is 2.76. The van der Waals surface area contributed by atoms with Crippen LogP contribution in [0.3, 0.4) is 0 Å². The van der Waals surface area contributed by atoms with E-state index in [2.05, 4.69) is 4.98 Å². The molecule has 0 N–H and O–H groups in total. The first-order valence-corrected chi connectivity index (χ1v) is 8.10. The molecule has 10 heteroatoms. The van der Waals surface area contributed by atoms with Crippen molar-refractivity contribution >= 4 is 28.6 Å². The van der Waals surface area contributed by atoms with Gasteiger partial charge in [0, 0.05) is 28.9 Å². The number of anilines is 1. The molecule has 0 aliphatic rings. The van der Waals surface area contributed by atoms with Crippen molar-refractivity contribution in [3.63, 3.8) is 0 Å². The summed E-state index contributed by atoms with van der Waals surface area (Å²) in [4.78, 5) is 26.7. The molecule has 1 aromatic heterocycles. The van der Waals surface area contributed by atoms with Gasteiger partial charge in [0.15, 0.2) is 0 Å². The predicted octanol–water partition coefficient (Wildman–Crippen LogP) is 2.37. The first-order chi connectivity index (χ1) is 11.7. The summed E-state index contributed by atoms with van der Waals surface area (Å²) < 4.78 is 36.9. The number of benzene rings is 1. The predicted molar refractivity (Wildman–Crippen MR) is 87.3 cm³/mol. The van der Waals surface area contributed by atoms with Crippen LogP contribution in [0, 0.1) is 15.9 Å². The molecule has 132 valence electrons. The average molecular weight is 366 g/mol. The molecule has 0 amide bonds.